The lowest BCUT2D eigenvalue weighted by Gasteiger charge is -2.72. The average Bonchev–Trinajstić information content (AvgIpc) is 0.918. The molecule has 9 rings (SSSR count). The van der Waals surface area contributed by atoms with Gasteiger partial charge in [-0.1, -0.05) is 66.2 Å². The van der Waals surface area contributed by atoms with Gasteiger partial charge in [-0.3, -0.25) is 9.59 Å². The van der Waals surface area contributed by atoms with Crippen LogP contribution in [0.5, 0.6) is 0 Å². The van der Waals surface area contributed by atoms with E-state index in [2.05, 4.69) is 26.8 Å². The maximum Gasteiger partial charge on any atom is 0.335 e. The fourth-order valence-corrected chi connectivity index (χ4v) is 17.8. The van der Waals surface area contributed by atoms with Crippen molar-refractivity contribution in [3.8, 4) is 0 Å². The van der Waals surface area contributed by atoms with Gasteiger partial charge in [-0.15, -0.1) is 0 Å². The van der Waals surface area contributed by atoms with Gasteiger partial charge in [0.1, 0.15) is 79.4 Å². The van der Waals surface area contributed by atoms with E-state index < -0.39 is 223 Å². The van der Waals surface area contributed by atoms with Gasteiger partial charge in [-0.25, -0.2) is 9.59 Å². The summed E-state index contributed by atoms with van der Waals surface area (Å²) in [5.41, 5.74) is -3.70. The molecule has 506 valence electrons. The van der Waals surface area contributed by atoms with Crippen molar-refractivity contribution in [3.05, 3.63) is 23.3 Å². The topological polar surface area (TPSA) is 413 Å². The van der Waals surface area contributed by atoms with Crippen molar-refractivity contribution in [2.24, 2.45) is 50.2 Å². The lowest BCUT2D eigenvalue weighted by atomic mass is 9.33. The van der Waals surface area contributed by atoms with Gasteiger partial charge in [0.2, 0.25) is 0 Å². The van der Waals surface area contributed by atoms with Crippen LogP contribution in [-0.4, -0.2) is 246 Å². The number of carboxylic acid groups (broad SMARTS) is 1. The third kappa shape index (κ3) is 11.8. The summed E-state index contributed by atoms with van der Waals surface area (Å²) in [6, 6.07) is 0. The van der Waals surface area contributed by atoms with Gasteiger partial charge in [0, 0.05) is 19.4 Å². The molecule has 3 unspecified atom stereocenters. The Morgan fingerprint density at radius 1 is 0.607 bits per heavy atom. The number of carbonyl (C=O) groups is 4. The molecule has 89 heavy (non-hydrogen) atoms. The summed E-state index contributed by atoms with van der Waals surface area (Å²) in [7, 11) is 0. The monoisotopic (exact) mass is 1270 g/mol. The molecule has 0 aromatic carbocycles. The molecule has 12 N–H and O–H groups in total. The van der Waals surface area contributed by atoms with Gasteiger partial charge in [0.05, 0.1) is 43.5 Å². The summed E-state index contributed by atoms with van der Waals surface area (Å²) >= 11 is 0. The summed E-state index contributed by atoms with van der Waals surface area (Å²) < 4.78 is 67.2. The number of aliphatic hydroxyl groups excluding tert-OH is 11. The summed E-state index contributed by atoms with van der Waals surface area (Å²) in [4.78, 5) is 51.9. The molecule has 0 spiro atoms. The molecule has 0 amide bonds. The molecule has 27 nitrogen and oxygen atoms in total. The van der Waals surface area contributed by atoms with E-state index >= 15 is 0 Å². The molecule has 30 atom stereocenters. The van der Waals surface area contributed by atoms with Crippen LogP contribution in [-0.2, 0) is 71.3 Å². The number of ether oxygens (including phenoxy) is 11. The number of allylic oxidation sites excluding steroid dienone is 3. The zero-order valence-corrected chi connectivity index (χ0v) is 52.7. The fraction of sp³-hybridized carbons (Fsp3) is 0.871. The molecular formula is C62H96O27. The van der Waals surface area contributed by atoms with Crippen LogP contribution in [0.15, 0.2) is 23.3 Å². The van der Waals surface area contributed by atoms with Crippen LogP contribution in [0.25, 0.3) is 0 Å². The van der Waals surface area contributed by atoms with E-state index in [-0.39, 0.29) is 23.8 Å². The summed E-state index contributed by atoms with van der Waals surface area (Å²) in [6.45, 7) is 19.5. The molecule has 0 radical (unpaired) electrons. The number of hydrogen-bond donors (Lipinski definition) is 12. The van der Waals surface area contributed by atoms with Gasteiger partial charge in [0.15, 0.2) is 43.5 Å². The number of esters is 3. The third-order valence-electron chi connectivity index (χ3n) is 22.9. The normalized spacial score (nSPS) is 49.4. The van der Waals surface area contributed by atoms with Crippen molar-refractivity contribution in [2.75, 3.05) is 19.8 Å². The van der Waals surface area contributed by atoms with Crippen LogP contribution < -0.4 is 0 Å². The minimum atomic E-state index is -2.13. The van der Waals surface area contributed by atoms with Gasteiger partial charge >= 0.3 is 23.9 Å². The van der Waals surface area contributed by atoms with Crippen molar-refractivity contribution in [1.29, 1.82) is 0 Å². The van der Waals surface area contributed by atoms with Gasteiger partial charge in [-0.2, -0.15) is 0 Å². The molecule has 4 aliphatic heterocycles. The SMILES string of the molecule is C/C=C(/C)C(=O)O[C@@H]1[C@@H](OC(C)=O)[C@@H](O)[C@H](O[C@H]2[C@H](OC(C)=O)[C@@]3(CO)C(CC2(C)C)C2=CCC4[C@@]5(C)CC[C@H](O[C@@H]6O[C@H](C(=O)O)[C@@H](O)[C@H](O[C@@H]7O[C@@H](CO)[C@H](O)[C@H]7O)[C@H]6O[C@@H]6O[C@H](CO)[C@H](O)[C@H](O)[C@H]6O)C(C)(C)C5CC[C@@]4(C)[C@]2(C)C[C@H]3O)O[C@H]1C. The number of aliphatic hydroxyl groups is 11. The Morgan fingerprint density at radius 2 is 1.19 bits per heavy atom. The molecule has 8 fully saturated rings. The first-order valence-electron chi connectivity index (χ1n) is 31.2. The quantitative estimate of drug-likeness (QED) is 0.0312. The Balaban J connectivity index is 1.01. The highest BCUT2D eigenvalue weighted by Gasteiger charge is 2.74. The molecule has 27 heteroatoms. The lowest BCUT2D eigenvalue weighted by Crippen LogP contribution is -2.73. The second-order valence-electron chi connectivity index (χ2n) is 28.6. The van der Waals surface area contributed by atoms with E-state index in [0.717, 1.165) is 12.5 Å². The van der Waals surface area contributed by atoms with Crippen LogP contribution in [0.3, 0.4) is 0 Å². The maximum absolute atomic E-state index is 13.4. The van der Waals surface area contributed by atoms with Gasteiger partial charge in [0.25, 0.3) is 0 Å². The van der Waals surface area contributed by atoms with Crippen LogP contribution in [0.2, 0.25) is 0 Å². The second-order valence-corrected chi connectivity index (χ2v) is 28.6. The predicted octanol–water partition coefficient (Wildman–Crippen LogP) is -0.232. The summed E-state index contributed by atoms with van der Waals surface area (Å²) in [5.74, 6) is -4.60. The molecule has 4 saturated heterocycles. The molecule has 0 aromatic rings. The largest absolute Gasteiger partial charge is 0.479 e. The minimum Gasteiger partial charge on any atom is -0.479 e. The Bertz CT molecular complexity index is 2650. The Kier molecular flexibility index (Phi) is 20.2. The molecule has 9 aliphatic rings. The summed E-state index contributed by atoms with van der Waals surface area (Å²) in [5, 5.41) is 133. The molecular weight excluding hydrogens is 1180 g/mol. The van der Waals surface area contributed by atoms with Crippen LogP contribution in [0.1, 0.15) is 128 Å². The smallest absolute Gasteiger partial charge is 0.335 e. The van der Waals surface area contributed by atoms with Crippen molar-refractivity contribution >= 4 is 23.9 Å². The summed E-state index contributed by atoms with van der Waals surface area (Å²) in [6.07, 6.45) is -30.1. The Morgan fingerprint density at radius 3 is 1.76 bits per heavy atom. The zero-order valence-electron chi connectivity index (χ0n) is 52.7. The standard InChI is InChI=1S/C62H96O27/c1-13-25(2)52(78)85-44-26(3)79-55(43(75)46(44)80-27(4)66)89-49-50(81-28(5)67)62(24-65)30(20-57(49,6)7)29-14-15-34-59(10)18-17-36(58(8,9)33(59)16-19-60(34,11)61(29,12)21-35(62)68)84-56-48(88-54-41(73)39(71)37(69)31(22-63)82-54)45(42(74)47(87-56)51(76)77)86-53-40(72)38(70)32(23-64)83-53/h13-14,26,30-50,53-56,63-65,68-75H,15-24H2,1-12H3,(H,76,77)/b25-13-/t26-,30?,31+,32-,33?,34?,35+,36-,37-,38-,39-,40+,41+,42-,43+,44-,45-,46-,47-,48+,49-,50-,53-,54-,55-,56+,59-,60+,61+,62-/m0/s1. The highest BCUT2D eigenvalue weighted by Crippen LogP contribution is 2.76. The first kappa shape index (κ1) is 69.9. The number of fused-ring (bicyclic) bond motifs is 7. The molecule has 0 bridgehead atoms. The zero-order chi connectivity index (χ0) is 65.7. The average molecular weight is 1270 g/mol. The van der Waals surface area contributed by atoms with Crippen molar-refractivity contribution in [3.63, 3.8) is 0 Å². The van der Waals surface area contributed by atoms with Crippen LogP contribution >= 0.6 is 0 Å². The highest BCUT2D eigenvalue weighted by atomic mass is 16.8. The van der Waals surface area contributed by atoms with Gasteiger partial charge < -0.3 is 113 Å². The van der Waals surface area contributed by atoms with E-state index in [4.69, 9.17) is 52.1 Å². The van der Waals surface area contributed by atoms with Crippen molar-refractivity contribution in [2.45, 2.75) is 269 Å². The lowest BCUT2D eigenvalue weighted by molar-refractivity contribution is -0.386. The van der Waals surface area contributed by atoms with Crippen molar-refractivity contribution in [1.82, 2.24) is 0 Å². The predicted molar refractivity (Wildman–Crippen MR) is 302 cm³/mol. The Hall–Kier alpha value is -3.40. The first-order valence-corrected chi connectivity index (χ1v) is 31.2. The van der Waals surface area contributed by atoms with E-state index in [1.54, 1.807) is 26.8 Å². The van der Waals surface area contributed by atoms with E-state index in [1.807, 2.05) is 27.7 Å². The number of aliphatic carboxylic acids is 1. The maximum atomic E-state index is 13.4. The number of rotatable bonds is 16. The van der Waals surface area contributed by atoms with Crippen LogP contribution in [0, 0.1) is 50.2 Å². The molecule has 4 heterocycles. The molecule has 0 aromatic heterocycles. The first-order chi connectivity index (χ1) is 41.5. The third-order valence-corrected chi connectivity index (χ3v) is 22.9. The fourth-order valence-electron chi connectivity index (χ4n) is 17.8. The second kappa shape index (κ2) is 25.7. The van der Waals surface area contributed by atoms with Crippen molar-refractivity contribution < 1.29 is 133 Å². The van der Waals surface area contributed by atoms with E-state index in [0.29, 0.717) is 38.5 Å². The molecule has 4 saturated carbocycles. The number of carboxylic acids is 1. The minimum absolute atomic E-state index is 0.0379. The molecule has 5 aliphatic carbocycles. The highest BCUT2D eigenvalue weighted by molar-refractivity contribution is 5.87. The van der Waals surface area contributed by atoms with Crippen LogP contribution in [0.4, 0.5) is 0 Å². The van der Waals surface area contributed by atoms with E-state index in [1.165, 1.54) is 6.92 Å². The Labute approximate surface area is 517 Å². The van der Waals surface area contributed by atoms with E-state index in [9.17, 15) is 80.5 Å². The number of hydrogen-bond acceptors (Lipinski definition) is 26. The van der Waals surface area contributed by atoms with Gasteiger partial charge in [-0.05, 0) is 111 Å². The number of carbonyl (C=O) groups excluding carboxylic acids is 3.